The number of thiazole rings is 1. The van der Waals surface area contributed by atoms with E-state index in [1.165, 1.54) is 0 Å². The molecule has 2 N–H and O–H groups in total. The molecule has 3 rings (SSSR count). The van der Waals surface area contributed by atoms with Gasteiger partial charge in [0, 0.05) is 18.8 Å². The van der Waals surface area contributed by atoms with Crippen LogP contribution in [0.5, 0.6) is 0 Å². The molecule has 1 fully saturated rings. The van der Waals surface area contributed by atoms with Crippen LogP contribution in [0.4, 0.5) is 5.13 Å². The van der Waals surface area contributed by atoms with Crippen molar-refractivity contribution in [3.63, 3.8) is 0 Å². The van der Waals surface area contributed by atoms with Gasteiger partial charge in [-0.25, -0.2) is 9.78 Å². The summed E-state index contributed by atoms with van der Waals surface area (Å²) in [4.78, 5) is 29.6. The van der Waals surface area contributed by atoms with E-state index in [1.54, 1.807) is 6.92 Å². The Balaban J connectivity index is 1.56. The second kappa shape index (κ2) is 6.93. The number of nitrogens with one attached hydrogen (secondary N) is 1. The largest absolute Gasteiger partial charge is 0.477 e. The van der Waals surface area contributed by atoms with Gasteiger partial charge < -0.3 is 10.4 Å². The fraction of sp³-hybridized carbons (Fsp3) is 0.500. The minimum atomic E-state index is -1.03. The fourth-order valence-electron chi connectivity index (χ4n) is 3.18. The number of likely N-dealkylation sites (tertiary alicyclic amines) is 1. The summed E-state index contributed by atoms with van der Waals surface area (Å²) in [6.45, 7) is 7.50. The van der Waals surface area contributed by atoms with Crippen molar-refractivity contribution in [3.05, 3.63) is 28.0 Å². The summed E-state index contributed by atoms with van der Waals surface area (Å²) in [7, 11) is 0. The third-order valence-electron chi connectivity index (χ3n) is 4.24. The number of aromatic nitrogens is 3. The Labute approximate surface area is 149 Å². The maximum Gasteiger partial charge on any atom is 0.347 e. The summed E-state index contributed by atoms with van der Waals surface area (Å²) in [6, 6.07) is 2.34. The molecule has 1 amide bonds. The SMILES string of the molecule is Cc1cc(C)n([C@@H]2CCN(CC(=O)Nc3nc(C)c(C(=O)O)s3)C2)n1. The van der Waals surface area contributed by atoms with Crippen LogP contribution in [0, 0.1) is 20.8 Å². The summed E-state index contributed by atoms with van der Waals surface area (Å²) in [5, 5.41) is 16.6. The van der Waals surface area contributed by atoms with Crippen LogP contribution in [0.3, 0.4) is 0 Å². The average Bonchev–Trinajstić information content (AvgIpc) is 3.18. The maximum absolute atomic E-state index is 12.2. The van der Waals surface area contributed by atoms with Crippen LogP contribution in [0.15, 0.2) is 6.07 Å². The van der Waals surface area contributed by atoms with Gasteiger partial charge in [-0.15, -0.1) is 0 Å². The van der Waals surface area contributed by atoms with Gasteiger partial charge >= 0.3 is 5.97 Å². The number of nitrogens with zero attached hydrogens (tertiary/aromatic N) is 4. The van der Waals surface area contributed by atoms with Crippen LogP contribution in [0.2, 0.25) is 0 Å². The highest BCUT2D eigenvalue weighted by Crippen LogP contribution is 2.24. The van der Waals surface area contributed by atoms with Gasteiger partial charge in [0.25, 0.3) is 0 Å². The van der Waals surface area contributed by atoms with Gasteiger partial charge in [-0.2, -0.15) is 5.10 Å². The van der Waals surface area contributed by atoms with Crippen LogP contribution >= 0.6 is 11.3 Å². The van der Waals surface area contributed by atoms with Crippen molar-refractivity contribution in [2.45, 2.75) is 33.2 Å². The molecule has 0 bridgehead atoms. The van der Waals surface area contributed by atoms with Gasteiger partial charge in [-0.1, -0.05) is 11.3 Å². The van der Waals surface area contributed by atoms with Crippen molar-refractivity contribution in [3.8, 4) is 0 Å². The lowest BCUT2D eigenvalue weighted by atomic mass is 10.2. The summed E-state index contributed by atoms with van der Waals surface area (Å²) in [6.07, 6.45) is 0.953. The van der Waals surface area contributed by atoms with Crippen LogP contribution in [0.1, 0.15) is 39.2 Å². The van der Waals surface area contributed by atoms with Gasteiger partial charge in [0.2, 0.25) is 5.91 Å². The van der Waals surface area contributed by atoms with E-state index in [9.17, 15) is 9.59 Å². The lowest BCUT2D eigenvalue weighted by molar-refractivity contribution is -0.117. The summed E-state index contributed by atoms with van der Waals surface area (Å²) in [5.41, 5.74) is 2.55. The van der Waals surface area contributed by atoms with Crippen molar-refractivity contribution < 1.29 is 14.7 Å². The Morgan fingerprint density at radius 1 is 1.40 bits per heavy atom. The molecule has 0 aliphatic carbocycles. The highest BCUT2D eigenvalue weighted by molar-refractivity contribution is 7.17. The molecule has 9 heteroatoms. The van der Waals surface area contributed by atoms with Crippen LogP contribution in [0.25, 0.3) is 0 Å². The first-order valence-corrected chi connectivity index (χ1v) is 8.91. The Morgan fingerprint density at radius 3 is 2.76 bits per heavy atom. The highest BCUT2D eigenvalue weighted by atomic mass is 32.1. The predicted octanol–water partition coefficient (Wildman–Crippen LogP) is 1.85. The van der Waals surface area contributed by atoms with Gasteiger partial charge in [0.1, 0.15) is 4.88 Å². The number of anilines is 1. The van der Waals surface area contributed by atoms with E-state index in [0.29, 0.717) is 10.8 Å². The molecule has 1 aliphatic heterocycles. The molecule has 2 aromatic heterocycles. The number of carboxylic acids is 1. The van der Waals surface area contributed by atoms with Gasteiger partial charge in [-0.3, -0.25) is 14.4 Å². The molecule has 2 aromatic rings. The van der Waals surface area contributed by atoms with E-state index in [2.05, 4.69) is 26.4 Å². The number of carbonyl (C=O) groups excluding carboxylic acids is 1. The number of carbonyl (C=O) groups is 2. The molecule has 1 aliphatic rings. The molecule has 8 nitrogen and oxygen atoms in total. The number of carboxylic acid groups (broad SMARTS) is 1. The maximum atomic E-state index is 12.2. The standard InChI is InChI=1S/C16H21N5O3S/c1-9-6-10(2)21(19-9)12-4-5-20(7-12)8-13(22)18-16-17-11(3)14(25-16)15(23)24/h6,12H,4-5,7-8H2,1-3H3,(H,23,24)(H,17,18,22)/t12-/m1/s1. The minimum absolute atomic E-state index is 0.154. The minimum Gasteiger partial charge on any atom is -0.477 e. The molecule has 1 atom stereocenters. The Kier molecular flexibility index (Phi) is 4.87. The van der Waals surface area contributed by atoms with Crippen LogP contribution in [-0.4, -0.2) is 56.3 Å². The summed E-state index contributed by atoms with van der Waals surface area (Å²) in [5.74, 6) is -1.21. The van der Waals surface area contributed by atoms with Crippen molar-refractivity contribution in [1.29, 1.82) is 0 Å². The van der Waals surface area contributed by atoms with Crippen molar-refractivity contribution in [2.24, 2.45) is 0 Å². The molecule has 3 heterocycles. The molecule has 134 valence electrons. The van der Waals surface area contributed by atoms with E-state index in [-0.39, 0.29) is 23.4 Å². The normalized spacial score (nSPS) is 17.8. The quantitative estimate of drug-likeness (QED) is 0.841. The van der Waals surface area contributed by atoms with Gasteiger partial charge in [0.05, 0.1) is 24.0 Å². The number of aryl methyl sites for hydroxylation is 3. The Morgan fingerprint density at radius 2 is 2.16 bits per heavy atom. The zero-order valence-corrected chi connectivity index (χ0v) is 15.3. The molecule has 0 radical (unpaired) electrons. The van der Waals surface area contributed by atoms with Gasteiger partial charge in [0.15, 0.2) is 5.13 Å². The topological polar surface area (TPSA) is 100 Å². The number of aromatic carboxylic acids is 1. The second-order valence-electron chi connectivity index (χ2n) is 6.34. The second-order valence-corrected chi connectivity index (χ2v) is 7.34. The predicted molar refractivity (Wildman–Crippen MR) is 94.2 cm³/mol. The molecular formula is C16H21N5O3S. The van der Waals surface area contributed by atoms with Gasteiger partial charge in [-0.05, 0) is 33.3 Å². The monoisotopic (exact) mass is 363 g/mol. The number of hydrogen-bond donors (Lipinski definition) is 2. The third kappa shape index (κ3) is 3.88. The molecule has 0 unspecified atom stereocenters. The zero-order valence-electron chi connectivity index (χ0n) is 14.4. The number of rotatable bonds is 5. The average molecular weight is 363 g/mol. The first-order valence-electron chi connectivity index (χ1n) is 8.09. The molecule has 0 spiro atoms. The van der Waals surface area contributed by atoms with Crippen molar-refractivity contribution in [1.82, 2.24) is 19.7 Å². The van der Waals surface area contributed by atoms with E-state index in [4.69, 9.17) is 5.11 Å². The Hall–Kier alpha value is -2.26. The lowest BCUT2D eigenvalue weighted by Crippen LogP contribution is -2.32. The summed E-state index contributed by atoms with van der Waals surface area (Å²) < 4.78 is 2.04. The van der Waals surface area contributed by atoms with E-state index in [0.717, 1.165) is 42.2 Å². The first kappa shape index (κ1) is 17.6. The number of hydrogen-bond acceptors (Lipinski definition) is 6. The van der Waals surface area contributed by atoms with Crippen LogP contribution < -0.4 is 5.32 Å². The fourth-order valence-corrected chi connectivity index (χ4v) is 4.00. The molecule has 0 saturated carbocycles. The van der Waals surface area contributed by atoms with E-state index in [1.807, 2.05) is 18.5 Å². The molecule has 25 heavy (non-hydrogen) atoms. The molecular weight excluding hydrogens is 342 g/mol. The van der Waals surface area contributed by atoms with E-state index >= 15 is 0 Å². The Bertz CT molecular complexity index is 813. The molecule has 0 aromatic carbocycles. The smallest absolute Gasteiger partial charge is 0.347 e. The third-order valence-corrected chi connectivity index (χ3v) is 5.30. The molecule has 1 saturated heterocycles. The summed E-state index contributed by atoms with van der Waals surface area (Å²) >= 11 is 0.981. The number of amides is 1. The van der Waals surface area contributed by atoms with E-state index < -0.39 is 5.97 Å². The van der Waals surface area contributed by atoms with Crippen LogP contribution in [-0.2, 0) is 4.79 Å². The lowest BCUT2D eigenvalue weighted by Gasteiger charge is -2.16. The zero-order chi connectivity index (χ0) is 18.1. The van der Waals surface area contributed by atoms with Crippen molar-refractivity contribution >= 4 is 28.3 Å². The van der Waals surface area contributed by atoms with Crippen molar-refractivity contribution in [2.75, 3.05) is 25.0 Å². The first-order chi connectivity index (χ1) is 11.8. The highest BCUT2D eigenvalue weighted by Gasteiger charge is 2.27.